The molecular formula is C15H24N2. The highest BCUT2D eigenvalue weighted by molar-refractivity contribution is 5.36. The monoisotopic (exact) mass is 232 g/mol. The van der Waals surface area contributed by atoms with E-state index < -0.39 is 0 Å². The van der Waals surface area contributed by atoms with E-state index in [0.717, 1.165) is 6.54 Å². The predicted octanol–water partition coefficient (Wildman–Crippen LogP) is 2.79. The Hall–Kier alpha value is -0.860. The summed E-state index contributed by atoms with van der Waals surface area (Å²) in [5.41, 5.74) is 10.2. The third-order valence-corrected chi connectivity index (χ3v) is 4.10. The maximum atomic E-state index is 6.04. The van der Waals surface area contributed by atoms with Crippen molar-refractivity contribution in [2.24, 2.45) is 5.73 Å². The lowest BCUT2D eigenvalue weighted by Crippen LogP contribution is -2.36. The number of hydrogen-bond acceptors (Lipinski definition) is 2. The molecule has 1 aliphatic heterocycles. The first-order valence-corrected chi connectivity index (χ1v) is 6.67. The van der Waals surface area contributed by atoms with Gasteiger partial charge in [-0.1, -0.05) is 18.2 Å². The summed E-state index contributed by atoms with van der Waals surface area (Å²) < 4.78 is 0. The van der Waals surface area contributed by atoms with Gasteiger partial charge in [-0.3, -0.25) is 4.90 Å². The summed E-state index contributed by atoms with van der Waals surface area (Å²) in [5.74, 6) is 0. The van der Waals surface area contributed by atoms with Crippen molar-refractivity contribution in [3.05, 3.63) is 34.9 Å². The first-order chi connectivity index (χ1) is 8.15. The van der Waals surface area contributed by atoms with Crippen molar-refractivity contribution in [3.63, 3.8) is 0 Å². The maximum absolute atomic E-state index is 6.04. The van der Waals surface area contributed by atoms with Crippen LogP contribution in [0.3, 0.4) is 0 Å². The van der Waals surface area contributed by atoms with Gasteiger partial charge in [0.15, 0.2) is 0 Å². The Labute approximate surface area is 105 Å². The highest BCUT2D eigenvalue weighted by Crippen LogP contribution is 2.31. The third kappa shape index (κ3) is 2.38. The molecule has 1 aromatic carbocycles. The van der Waals surface area contributed by atoms with Crippen molar-refractivity contribution in [1.29, 1.82) is 0 Å². The normalized spacial score (nSPS) is 22.9. The van der Waals surface area contributed by atoms with Crippen LogP contribution in [0.1, 0.15) is 42.5 Å². The number of nitrogens with zero attached hydrogens (tertiary/aromatic N) is 1. The van der Waals surface area contributed by atoms with E-state index in [4.69, 9.17) is 5.73 Å². The predicted molar refractivity (Wildman–Crippen MR) is 73.1 cm³/mol. The second-order valence-corrected chi connectivity index (χ2v) is 5.29. The van der Waals surface area contributed by atoms with Crippen LogP contribution in [0.15, 0.2) is 18.2 Å². The van der Waals surface area contributed by atoms with E-state index in [2.05, 4.69) is 43.9 Å². The van der Waals surface area contributed by atoms with E-state index >= 15 is 0 Å². The number of aryl methyl sites for hydroxylation is 2. The number of likely N-dealkylation sites (tertiary alicyclic amines) is 1. The van der Waals surface area contributed by atoms with Crippen molar-refractivity contribution in [1.82, 2.24) is 4.90 Å². The molecule has 17 heavy (non-hydrogen) atoms. The summed E-state index contributed by atoms with van der Waals surface area (Å²) in [5, 5.41) is 0. The summed E-state index contributed by atoms with van der Waals surface area (Å²) >= 11 is 0. The van der Waals surface area contributed by atoms with E-state index in [1.54, 1.807) is 0 Å². The van der Waals surface area contributed by atoms with Gasteiger partial charge in [-0.2, -0.15) is 0 Å². The second kappa shape index (κ2) is 5.19. The molecule has 1 fully saturated rings. The summed E-state index contributed by atoms with van der Waals surface area (Å²) in [7, 11) is 0. The summed E-state index contributed by atoms with van der Waals surface area (Å²) in [6.07, 6.45) is 2.62. The van der Waals surface area contributed by atoms with Crippen molar-refractivity contribution in [2.75, 3.05) is 13.1 Å². The Morgan fingerprint density at radius 1 is 1.35 bits per heavy atom. The van der Waals surface area contributed by atoms with E-state index in [-0.39, 0.29) is 0 Å². The molecule has 0 spiro atoms. The Morgan fingerprint density at radius 2 is 2.00 bits per heavy atom. The number of rotatable bonds is 3. The van der Waals surface area contributed by atoms with Crippen LogP contribution in [-0.4, -0.2) is 24.0 Å². The first-order valence-electron chi connectivity index (χ1n) is 6.67. The van der Waals surface area contributed by atoms with Gasteiger partial charge in [0.1, 0.15) is 0 Å². The Kier molecular flexibility index (Phi) is 3.85. The smallest absolute Gasteiger partial charge is 0.0478 e. The van der Waals surface area contributed by atoms with Gasteiger partial charge in [-0.25, -0.2) is 0 Å². The third-order valence-electron chi connectivity index (χ3n) is 4.10. The zero-order chi connectivity index (χ0) is 12.4. The summed E-state index contributed by atoms with van der Waals surface area (Å²) in [6, 6.07) is 7.60. The van der Waals surface area contributed by atoms with E-state index in [1.165, 1.54) is 36.1 Å². The fourth-order valence-corrected chi connectivity index (χ4v) is 3.19. The molecule has 0 aromatic heterocycles. The zero-order valence-corrected chi connectivity index (χ0v) is 11.2. The van der Waals surface area contributed by atoms with Gasteiger partial charge in [0.2, 0.25) is 0 Å². The quantitative estimate of drug-likeness (QED) is 0.868. The Bertz CT molecular complexity index is 366. The highest BCUT2D eigenvalue weighted by Gasteiger charge is 2.29. The van der Waals surface area contributed by atoms with Crippen molar-refractivity contribution in [2.45, 2.75) is 45.7 Å². The molecule has 2 rings (SSSR count). The minimum absolute atomic E-state index is 0.397. The molecule has 1 aromatic rings. The van der Waals surface area contributed by atoms with Gasteiger partial charge in [-0.05, 0) is 56.8 Å². The average Bonchev–Trinajstić information content (AvgIpc) is 2.70. The van der Waals surface area contributed by atoms with Crippen LogP contribution in [0.4, 0.5) is 0 Å². The minimum Gasteiger partial charge on any atom is -0.329 e. The van der Waals surface area contributed by atoms with Crippen LogP contribution in [0.25, 0.3) is 0 Å². The fourth-order valence-electron chi connectivity index (χ4n) is 3.19. The molecule has 0 bridgehead atoms. The highest BCUT2D eigenvalue weighted by atomic mass is 15.2. The topological polar surface area (TPSA) is 29.3 Å². The zero-order valence-electron chi connectivity index (χ0n) is 11.2. The molecule has 0 saturated carbocycles. The SMILES string of the molecule is Cc1cccc(C)c1C(CN)N1CCCC1C. The lowest BCUT2D eigenvalue weighted by molar-refractivity contribution is 0.194. The molecule has 2 heteroatoms. The average molecular weight is 232 g/mol. The lowest BCUT2D eigenvalue weighted by Gasteiger charge is -2.32. The standard InChI is InChI=1S/C15H24N2/c1-11-6-4-7-12(2)15(11)14(10-16)17-9-5-8-13(17)3/h4,6-7,13-14H,5,8-10,16H2,1-3H3. The van der Waals surface area contributed by atoms with Gasteiger partial charge in [0, 0.05) is 18.6 Å². The molecule has 1 heterocycles. The van der Waals surface area contributed by atoms with Crippen molar-refractivity contribution < 1.29 is 0 Å². The Morgan fingerprint density at radius 3 is 2.47 bits per heavy atom. The van der Waals surface area contributed by atoms with Gasteiger partial charge < -0.3 is 5.73 Å². The maximum Gasteiger partial charge on any atom is 0.0478 e. The lowest BCUT2D eigenvalue weighted by atomic mass is 9.94. The van der Waals surface area contributed by atoms with Crippen LogP contribution in [0.5, 0.6) is 0 Å². The van der Waals surface area contributed by atoms with Crippen LogP contribution in [0, 0.1) is 13.8 Å². The molecular weight excluding hydrogens is 208 g/mol. The minimum atomic E-state index is 0.397. The van der Waals surface area contributed by atoms with Gasteiger partial charge in [-0.15, -0.1) is 0 Å². The molecule has 0 aliphatic carbocycles. The number of benzene rings is 1. The summed E-state index contributed by atoms with van der Waals surface area (Å²) in [4.78, 5) is 2.58. The van der Waals surface area contributed by atoms with Gasteiger partial charge in [0.05, 0.1) is 0 Å². The molecule has 0 radical (unpaired) electrons. The molecule has 2 N–H and O–H groups in total. The molecule has 2 nitrogen and oxygen atoms in total. The first kappa shape index (κ1) is 12.6. The van der Waals surface area contributed by atoms with Crippen LogP contribution in [0.2, 0.25) is 0 Å². The summed E-state index contributed by atoms with van der Waals surface area (Å²) in [6.45, 7) is 8.63. The molecule has 1 saturated heterocycles. The fraction of sp³-hybridized carbons (Fsp3) is 0.600. The van der Waals surface area contributed by atoms with Crippen LogP contribution < -0.4 is 5.73 Å². The molecule has 2 unspecified atom stereocenters. The molecule has 2 atom stereocenters. The number of nitrogens with two attached hydrogens (primary N) is 1. The van der Waals surface area contributed by atoms with Crippen molar-refractivity contribution >= 4 is 0 Å². The molecule has 1 aliphatic rings. The van der Waals surface area contributed by atoms with E-state index in [1.807, 2.05) is 0 Å². The van der Waals surface area contributed by atoms with Gasteiger partial charge >= 0.3 is 0 Å². The van der Waals surface area contributed by atoms with Crippen molar-refractivity contribution in [3.8, 4) is 0 Å². The van der Waals surface area contributed by atoms with E-state index in [0.29, 0.717) is 12.1 Å². The second-order valence-electron chi connectivity index (χ2n) is 5.29. The van der Waals surface area contributed by atoms with Gasteiger partial charge in [0.25, 0.3) is 0 Å². The molecule has 94 valence electrons. The Balaban J connectivity index is 2.35. The van der Waals surface area contributed by atoms with Crippen LogP contribution >= 0.6 is 0 Å². The van der Waals surface area contributed by atoms with Crippen LogP contribution in [-0.2, 0) is 0 Å². The largest absolute Gasteiger partial charge is 0.329 e. The number of hydrogen-bond donors (Lipinski definition) is 1. The van der Waals surface area contributed by atoms with E-state index in [9.17, 15) is 0 Å². The molecule has 0 amide bonds.